The summed E-state index contributed by atoms with van der Waals surface area (Å²) in [7, 11) is 1.23. The summed E-state index contributed by atoms with van der Waals surface area (Å²) in [4.78, 5) is 25.3. The van der Waals surface area contributed by atoms with Crippen LogP contribution in [0.25, 0.3) is 0 Å². The molecule has 0 saturated heterocycles. The molecule has 9 heteroatoms. The number of unbranched alkanes of at least 4 members (excludes halogenated alkanes) is 21. The van der Waals surface area contributed by atoms with Crippen LogP contribution in [-0.2, 0) is 18.4 Å². The van der Waals surface area contributed by atoms with Gasteiger partial charge in [0.1, 0.15) is 13.2 Å². The van der Waals surface area contributed by atoms with E-state index < -0.39 is 26.6 Å². The maximum absolute atomic E-state index is 12.9. The topological polar surface area (TPSA) is 108 Å². The van der Waals surface area contributed by atoms with Crippen molar-refractivity contribution in [2.75, 3.05) is 40.9 Å². The molecule has 3 atom stereocenters. The second-order valence-electron chi connectivity index (χ2n) is 17.1. The molecule has 8 nitrogen and oxygen atoms in total. The van der Waals surface area contributed by atoms with Crippen LogP contribution in [0.1, 0.15) is 194 Å². The zero-order chi connectivity index (χ0) is 42.8. The number of carbonyl (C=O) groups is 1. The molecule has 0 bridgehead atoms. The van der Waals surface area contributed by atoms with Crippen molar-refractivity contribution < 1.29 is 32.9 Å². The fourth-order valence-corrected chi connectivity index (χ4v) is 7.12. The number of hydrogen-bond acceptors (Lipinski definition) is 6. The molecule has 0 fully saturated rings. The molecule has 3 unspecified atom stereocenters. The third-order valence-corrected chi connectivity index (χ3v) is 11.1. The number of nitrogens with zero attached hydrogens (tertiary/aromatic N) is 1. The lowest BCUT2D eigenvalue weighted by molar-refractivity contribution is -0.870. The van der Waals surface area contributed by atoms with E-state index in [4.69, 9.17) is 9.05 Å². The second-order valence-corrected chi connectivity index (χ2v) is 18.5. The summed E-state index contributed by atoms with van der Waals surface area (Å²) in [6, 6.07) is -0.910. The van der Waals surface area contributed by atoms with E-state index in [1.807, 2.05) is 27.2 Å². The maximum Gasteiger partial charge on any atom is 0.268 e. The van der Waals surface area contributed by atoms with Gasteiger partial charge in [-0.25, -0.2) is 0 Å². The summed E-state index contributed by atoms with van der Waals surface area (Å²) in [5.41, 5.74) is 0. The van der Waals surface area contributed by atoms with E-state index in [0.717, 1.165) is 57.8 Å². The number of amides is 1. The highest BCUT2D eigenvalue weighted by Crippen LogP contribution is 2.38. The van der Waals surface area contributed by atoms with Gasteiger partial charge >= 0.3 is 0 Å². The molecule has 0 aliphatic rings. The van der Waals surface area contributed by atoms with E-state index in [0.29, 0.717) is 17.4 Å². The molecule has 0 heterocycles. The lowest BCUT2D eigenvalue weighted by Crippen LogP contribution is -2.45. The Morgan fingerprint density at radius 1 is 0.603 bits per heavy atom. The number of allylic oxidation sites excluding steroid dienone is 9. The molecule has 1 amide bonds. The largest absolute Gasteiger partial charge is 0.756 e. The number of likely N-dealkylation sites (N-methyl/N-ethyl adjacent to an activating group) is 1. The number of aliphatic hydroxyl groups excluding tert-OH is 1. The predicted molar refractivity (Wildman–Crippen MR) is 247 cm³/mol. The number of quaternary nitrogens is 1. The molecule has 0 rings (SSSR count). The Hall–Kier alpha value is -1.80. The number of nitrogens with one attached hydrogen (secondary N) is 1. The highest BCUT2D eigenvalue weighted by Gasteiger charge is 2.23. The smallest absolute Gasteiger partial charge is 0.268 e. The molecule has 0 spiro atoms. The number of phosphoric ester groups is 1. The van der Waals surface area contributed by atoms with E-state index in [9.17, 15) is 19.4 Å². The van der Waals surface area contributed by atoms with E-state index in [1.165, 1.54) is 116 Å². The highest BCUT2D eigenvalue weighted by atomic mass is 31.2. The molecule has 58 heavy (non-hydrogen) atoms. The highest BCUT2D eigenvalue weighted by molar-refractivity contribution is 7.45. The Bertz CT molecular complexity index is 1130. The minimum absolute atomic E-state index is 0.0110. The van der Waals surface area contributed by atoms with Gasteiger partial charge in [0.2, 0.25) is 5.91 Å². The third kappa shape index (κ3) is 42.3. The fourth-order valence-electron chi connectivity index (χ4n) is 6.40. The molecule has 0 aromatic heterocycles. The standard InChI is InChI=1S/C49H91N2O6P/c1-6-8-10-12-14-16-18-19-20-21-22-23-24-25-26-27-28-29-30-31-33-35-37-39-41-43-49(53)50-47(46-57-58(54,55)56-45-44-51(3,4)5)48(52)42-40-38-36-34-32-17-15-13-11-9-7-2/h11,13,18-19,21-22,32,34,40,42,47-48,52H,6-10,12,14-17,20,23-31,33,35-39,41,43-46H2,1-5H3,(H-,50,53,54,55)/b13-11+,19-18-,22-21-,34-32+,42-40+. The summed E-state index contributed by atoms with van der Waals surface area (Å²) in [5.74, 6) is -0.216. The molecule has 0 aromatic rings. The lowest BCUT2D eigenvalue weighted by Gasteiger charge is -2.29. The van der Waals surface area contributed by atoms with Gasteiger partial charge in [-0.3, -0.25) is 9.36 Å². The van der Waals surface area contributed by atoms with Gasteiger partial charge in [-0.15, -0.1) is 0 Å². The first-order valence-electron chi connectivity index (χ1n) is 23.7. The van der Waals surface area contributed by atoms with Crippen LogP contribution >= 0.6 is 7.82 Å². The number of hydrogen-bond donors (Lipinski definition) is 2. The first-order valence-corrected chi connectivity index (χ1v) is 25.1. The van der Waals surface area contributed by atoms with E-state index in [2.05, 4.69) is 67.8 Å². The minimum atomic E-state index is -4.60. The number of aliphatic hydroxyl groups is 1. The average molecular weight is 835 g/mol. The van der Waals surface area contributed by atoms with Crippen molar-refractivity contribution in [3.63, 3.8) is 0 Å². The van der Waals surface area contributed by atoms with E-state index in [-0.39, 0.29) is 12.5 Å². The lowest BCUT2D eigenvalue weighted by atomic mass is 10.0. The molecular formula is C49H91N2O6P. The van der Waals surface area contributed by atoms with Crippen molar-refractivity contribution in [3.05, 3.63) is 60.8 Å². The molecule has 0 aromatic carbocycles. The summed E-state index contributed by atoms with van der Waals surface area (Å²) < 4.78 is 23.1. The third-order valence-electron chi connectivity index (χ3n) is 10.2. The van der Waals surface area contributed by atoms with Crippen molar-refractivity contribution in [2.24, 2.45) is 0 Å². The Labute approximate surface area is 358 Å². The SMILES string of the molecule is CCC/C=C/CC/C=C/CC/C=C/C(O)C(COP(=O)([O-])OCC[N+](C)(C)C)NC(=O)CCCCCCCCCCCCCCC/C=C\C/C=C\CCCCCCC. The number of carbonyl (C=O) groups excluding carboxylic acids is 1. The van der Waals surface area contributed by atoms with Gasteiger partial charge in [-0.2, -0.15) is 0 Å². The molecule has 0 radical (unpaired) electrons. The summed E-state index contributed by atoms with van der Waals surface area (Å²) in [5, 5.41) is 13.7. The van der Waals surface area contributed by atoms with Crippen LogP contribution in [0.5, 0.6) is 0 Å². The van der Waals surface area contributed by atoms with Gasteiger partial charge < -0.3 is 28.8 Å². The van der Waals surface area contributed by atoms with Crippen LogP contribution in [0.4, 0.5) is 0 Å². The first-order chi connectivity index (χ1) is 28.0. The number of phosphoric acid groups is 1. The Kier molecular flexibility index (Phi) is 39.3. The van der Waals surface area contributed by atoms with Crippen molar-refractivity contribution in [1.29, 1.82) is 0 Å². The molecule has 2 N–H and O–H groups in total. The van der Waals surface area contributed by atoms with Crippen molar-refractivity contribution in [3.8, 4) is 0 Å². The Morgan fingerprint density at radius 2 is 1.05 bits per heavy atom. The van der Waals surface area contributed by atoms with Crippen LogP contribution in [-0.4, -0.2) is 68.5 Å². The number of rotatable bonds is 42. The second kappa shape index (κ2) is 40.6. The van der Waals surface area contributed by atoms with Crippen LogP contribution in [0.2, 0.25) is 0 Å². The molecule has 0 aliphatic heterocycles. The van der Waals surface area contributed by atoms with Gasteiger partial charge in [0.15, 0.2) is 0 Å². The molecule has 338 valence electrons. The van der Waals surface area contributed by atoms with Gasteiger partial charge in [0.25, 0.3) is 7.82 Å². The zero-order valence-corrected chi connectivity index (χ0v) is 39.1. The van der Waals surface area contributed by atoms with Crippen LogP contribution in [0.15, 0.2) is 60.8 Å². The van der Waals surface area contributed by atoms with Gasteiger partial charge in [0.05, 0.1) is 39.9 Å². The van der Waals surface area contributed by atoms with E-state index in [1.54, 1.807) is 6.08 Å². The van der Waals surface area contributed by atoms with E-state index >= 15 is 0 Å². The predicted octanol–water partition coefficient (Wildman–Crippen LogP) is 12.8. The fraction of sp³-hybridized carbons (Fsp3) is 0.776. The van der Waals surface area contributed by atoms with Crippen LogP contribution in [0, 0.1) is 0 Å². The van der Waals surface area contributed by atoms with Crippen molar-refractivity contribution >= 4 is 13.7 Å². The average Bonchev–Trinajstić information content (AvgIpc) is 3.17. The molecule has 0 saturated carbocycles. The Morgan fingerprint density at radius 3 is 1.55 bits per heavy atom. The zero-order valence-electron chi connectivity index (χ0n) is 38.2. The van der Waals surface area contributed by atoms with Crippen LogP contribution in [0.3, 0.4) is 0 Å². The summed E-state index contributed by atoms with van der Waals surface area (Å²) in [6.45, 7) is 4.52. The molecular weight excluding hydrogens is 744 g/mol. The Balaban J connectivity index is 4.23. The van der Waals surface area contributed by atoms with Gasteiger partial charge in [-0.1, -0.05) is 177 Å². The van der Waals surface area contributed by atoms with Crippen LogP contribution < -0.4 is 10.2 Å². The van der Waals surface area contributed by atoms with Crippen molar-refractivity contribution in [1.82, 2.24) is 5.32 Å². The first kappa shape index (κ1) is 56.2. The summed E-state index contributed by atoms with van der Waals surface area (Å²) in [6.07, 6.45) is 52.9. The minimum Gasteiger partial charge on any atom is -0.756 e. The maximum atomic E-state index is 12.9. The van der Waals surface area contributed by atoms with Crippen molar-refractivity contribution in [2.45, 2.75) is 206 Å². The summed E-state index contributed by atoms with van der Waals surface area (Å²) >= 11 is 0. The normalized spacial score (nSPS) is 14.8. The molecule has 0 aliphatic carbocycles. The monoisotopic (exact) mass is 835 g/mol. The van der Waals surface area contributed by atoms with Gasteiger partial charge in [0, 0.05) is 6.42 Å². The quantitative estimate of drug-likeness (QED) is 0.0274. The van der Waals surface area contributed by atoms with Gasteiger partial charge in [-0.05, 0) is 70.6 Å².